The van der Waals surface area contributed by atoms with Crippen molar-refractivity contribution < 1.29 is 8.85 Å². The molecular weight excluding hydrogens is 264 g/mol. The average Bonchev–Trinajstić information content (AvgIpc) is 3.11. The van der Waals surface area contributed by atoms with Gasteiger partial charge in [-0.25, -0.2) is 0 Å². The Balaban J connectivity index is 1.62. The minimum Gasteiger partial charge on any atom is -0.394 e. The number of fused-ring (bicyclic) bond motifs is 2. The van der Waals surface area contributed by atoms with Crippen LogP contribution in [-0.2, 0) is 8.85 Å². The van der Waals surface area contributed by atoms with E-state index < -0.39 is 8.56 Å². The first-order chi connectivity index (χ1) is 9.71. The zero-order valence-electron chi connectivity index (χ0n) is 12.0. The number of hydrogen-bond acceptors (Lipinski definition) is 2. The van der Waals surface area contributed by atoms with Gasteiger partial charge in [0.25, 0.3) is 0 Å². The minimum atomic E-state index is -2.14. The summed E-state index contributed by atoms with van der Waals surface area (Å²) in [5.41, 5.74) is 1.31. The van der Waals surface area contributed by atoms with E-state index in [2.05, 4.69) is 49.0 Å². The van der Waals surface area contributed by atoms with Crippen molar-refractivity contribution >= 4 is 8.56 Å². The lowest BCUT2D eigenvalue weighted by Gasteiger charge is -2.46. The molecule has 2 bridgehead atoms. The molecule has 0 N–H and O–H groups in total. The van der Waals surface area contributed by atoms with Crippen LogP contribution in [0.3, 0.4) is 0 Å². The molecule has 4 atom stereocenters. The molecule has 1 saturated heterocycles. The van der Waals surface area contributed by atoms with E-state index in [9.17, 15) is 0 Å². The van der Waals surface area contributed by atoms with Crippen LogP contribution in [0.4, 0.5) is 0 Å². The standard InChI is InChI=1S/C17H22O2Si/c1-20(17-10-7-14(13-17)8-11-17)18-12-9-16(19-20)15-5-3-2-4-6-15/h2-7,10,14,16H,8-9,11-13H2,1H3. The quantitative estimate of drug-likeness (QED) is 0.594. The van der Waals surface area contributed by atoms with Crippen molar-refractivity contribution in [3.8, 4) is 0 Å². The molecule has 2 fully saturated rings. The molecule has 0 radical (unpaired) electrons. The normalized spacial score (nSPS) is 43.0. The molecule has 1 aromatic carbocycles. The van der Waals surface area contributed by atoms with Crippen LogP contribution >= 0.6 is 0 Å². The lowest BCUT2D eigenvalue weighted by molar-refractivity contribution is 0.0372. The van der Waals surface area contributed by atoms with Gasteiger partial charge in [-0.1, -0.05) is 42.5 Å². The Morgan fingerprint density at radius 1 is 1.20 bits per heavy atom. The predicted molar refractivity (Wildman–Crippen MR) is 81.6 cm³/mol. The second kappa shape index (κ2) is 4.55. The molecule has 4 unspecified atom stereocenters. The molecule has 2 aliphatic carbocycles. The van der Waals surface area contributed by atoms with Gasteiger partial charge in [0.1, 0.15) is 0 Å². The largest absolute Gasteiger partial charge is 0.394 e. The zero-order chi connectivity index (χ0) is 13.6. The SMILES string of the molecule is C[Si]1(C23C=CC(CC2)C3)OCCC(c2ccccc2)O1. The Morgan fingerprint density at radius 2 is 2.05 bits per heavy atom. The first kappa shape index (κ1) is 12.8. The van der Waals surface area contributed by atoms with Crippen LogP contribution < -0.4 is 0 Å². The first-order valence-electron chi connectivity index (χ1n) is 7.77. The van der Waals surface area contributed by atoms with Crippen molar-refractivity contribution in [2.75, 3.05) is 6.61 Å². The van der Waals surface area contributed by atoms with Gasteiger partial charge in [0.15, 0.2) is 0 Å². The third-order valence-corrected chi connectivity index (χ3v) is 9.39. The van der Waals surface area contributed by atoms with Crippen LogP contribution in [0.1, 0.15) is 37.4 Å². The summed E-state index contributed by atoms with van der Waals surface area (Å²) >= 11 is 0. The van der Waals surface area contributed by atoms with Gasteiger partial charge in [-0.3, -0.25) is 0 Å². The fourth-order valence-electron chi connectivity index (χ4n) is 4.20. The summed E-state index contributed by atoms with van der Waals surface area (Å²) in [6.07, 6.45) is 9.89. The number of hydrogen-bond donors (Lipinski definition) is 0. The maximum atomic E-state index is 6.63. The summed E-state index contributed by atoms with van der Waals surface area (Å²) in [5.74, 6) is 0.781. The molecule has 4 rings (SSSR count). The third kappa shape index (κ3) is 1.84. The van der Waals surface area contributed by atoms with E-state index in [0.29, 0.717) is 0 Å². The summed E-state index contributed by atoms with van der Waals surface area (Å²) in [6.45, 7) is 3.14. The molecule has 3 heteroatoms. The Labute approximate surface area is 122 Å². The Kier molecular flexibility index (Phi) is 2.91. The second-order valence-electron chi connectivity index (χ2n) is 6.62. The van der Waals surface area contributed by atoms with Crippen molar-refractivity contribution in [1.29, 1.82) is 0 Å². The zero-order valence-corrected chi connectivity index (χ0v) is 13.0. The number of benzene rings is 1. The molecule has 1 aromatic rings. The fourth-order valence-corrected chi connectivity index (χ4v) is 7.73. The van der Waals surface area contributed by atoms with Crippen molar-refractivity contribution in [2.24, 2.45) is 5.92 Å². The Morgan fingerprint density at radius 3 is 2.70 bits per heavy atom. The van der Waals surface area contributed by atoms with Crippen LogP contribution in [0.5, 0.6) is 0 Å². The molecule has 0 aromatic heterocycles. The highest BCUT2D eigenvalue weighted by Crippen LogP contribution is 2.62. The molecule has 20 heavy (non-hydrogen) atoms. The molecule has 2 nitrogen and oxygen atoms in total. The van der Waals surface area contributed by atoms with E-state index in [-0.39, 0.29) is 11.1 Å². The maximum Gasteiger partial charge on any atom is 0.345 e. The third-order valence-electron chi connectivity index (χ3n) is 5.48. The monoisotopic (exact) mass is 286 g/mol. The van der Waals surface area contributed by atoms with Gasteiger partial charge < -0.3 is 8.85 Å². The molecule has 106 valence electrons. The van der Waals surface area contributed by atoms with Gasteiger partial charge in [0, 0.05) is 11.6 Å². The van der Waals surface area contributed by atoms with E-state index in [4.69, 9.17) is 8.85 Å². The molecule has 0 spiro atoms. The first-order valence-corrected chi connectivity index (χ1v) is 10.1. The lowest BCUT2D eigenvalue weighted by atomic mass is 10.1. The van der Waals surface area contributed by atoms with Gasteiger partial charge in [-0.15, -0.1) is 0 Å². The van der Waals surface area contributed by atoms with Gasteiger partial charge >= 0.3 is 8.56 Å². The molecule has 0 amide bonds. The van der Waals surface area contributed by atoms with Crippen LogP contribution in [0.2, 0.25) is 11.6 Å². The second-order valence-corrected chi connectivity index (χ2v) is 10.0. The van der Waals surface area contributed by atoms with Gasteiger partial charge in [0.05, 0.1) is 6.10 Å². The summed E-state index contributed by atoms with van der Waals surface area (Å²) in [4.78, 5) is 0. The summed E-state index contributed by atoms with van der Waals surface area (Å²) < 4.78 is 12.9. The van der Waals surface area contributed by atoms with Crippen LogP contribution in [0.25, 0.3) is 0 Å². The molecular formula is C17H22O2Si. The van der Waals surface area contributed by atoms with E-state index in [0.717, 1.165) is 18.9 Å². The summed E-state index contributed by atoms with van der Waals surface area (Å²) in [6, 6.07) is 10.6. The van der Waals surface area contributed by atoms with Crippen molar-refractivity contribution in [3.05, 3.63) is 48.0 Å². The van der Waals surface area contributed by atoms with Crippen LogP contribution in [-0.4, -0.2) is 15.2 Å². The van der Waals surface area contributed by atoms with Gasteiger partial charge in [0.2, 0.25) is 0 Å². The highest BCUT2D eigenvalue weighted by atomic mass is 28.4. The minimum absolute atomic E-state index is 0.226. The van der Waals surface area contributed by atoms with Gasteiger partial charge in [-0.2, -0.15) is 0 Å². The van der Waals surface area contributed by atoms with Gasteiger partial charge in [-0.05, 0) is 43.7 Å². The topological polar surface area (TPSA) is 18.5 Å². The molecule has 1 aliphatic heterocycles. The van der Waals surface area contributed by atoms with Crippen LogP contribution in [0, 0.1) is 5.92 Å². The number of rotatable bonds is 2. The fraction of sp³-hybridized carbons (Fsp3) is 0.529. The smallest absolute Gasteiger partial charge is 0.345 e. The van der Waals surface area contributed by atoms with E-state index in [1.165, 1.54) is 24.8 Å². The van der Waals surface area contributed by atoms with Crippen LogP contribution in [0.15, 0.2) is 42.5 Å². The highest BCUT2D eigenvalue weighted by molar-refractivity contribution is 6.70. The Hall–Kier alpha value is -0.903. The Bertz CT molecular complexity index is 529. The number of allylic oxidation sites excluding steroid dienone is 2. The lowest BCUT2D eigenvalue weighted by Crippen LogP contribution is -2.52. The summed E-state index contributed by atoms with van der Waals surface area (Å²) in [5, 5.41) is 0.241. The predicted octanol–water partition coefficient (Wildman–Crippen LogP) is 4.35. The van der Waals surface area contributed by atoms with Crippen molar-refractivity contribution in [3.63, 3.8) is 0 Å². The van der Waals surface area contributed by atoms with Crippen molar-refractivity contribution in [2.45, 2.75) is 43.4 Å². The van der Waals surface area contributed by atoms with E-state index in [1.54, 1.807) is 0 Å². The van der Waals surface area contributed by atoms with E-state index >= 15 is 0 Å². The summed E-state index contributed by atoms with van der Waals surface area (Å²) in [7, 11) is -2.14. The molecule has 1 heterocycles. The van der Waals surface area contributed by atoms with E-state index in [1.807, 2.05) is 0 Å². The average molecular weight is 286 g/mol. The maximum absolute atomic E-state index is 6.63. The van der Waals surface area contributed by atoms with Crippen molar-refractivity contribution in [1.82, 2.24) is 0 Å². The molecule has 1 saturated carbocycles. The molecule has 3 aliphatic rings. The highest BCUT2D eigenvalue weighted by Gasteiger charge is 2.60.